The lowest BCUT2D eigenvalue weighted by Crippen LogP contribution is -2.17. The molecule has 0 fully saturated rings. The van der Waals surface area contributed by atoms with Gasteiger partial charge in [0.2, 0.25) is 0 Å². The van der Waals surface area contributed by atoms with Crippen LogP contribution in [0.25, 0.3) is 5.65 Å². The number of halogens is 2. The Balaban J connectivity index is 1.84. The molecule has 0 bridgehead atoms. The second-order valence-electron chi connectivity index (χ2n) is 5.45. The third-order valence-corrected chi connectivity index (χ3v) is 4.06. The van der Waals surface area contributed by atoms with Gasteiger partial charge in [-0.25, -0.2) is 9.78 Å². The van der Waals surface area contributed by atoms with Gasteiger partial charge in [-0.3, -0.25) is 9.20 Å². The monoisotopic (exact) mass is 377 g/mol. The number of hydrogen-bond acceptors (Lipinski definition) is 5. The third-order valence-electron chi connectivity index (χ3n) is 3.53. The first kappa shape index (κ1) is 17.3. The van der Waals surface area contributed by atoms with Crippen LogP contribution in [-0.4, -0.2) is 15.4 Å². The van der Waals surface area contributed by atoms with Crippen LogP contribution in [0.2, 0.25) is 10.0 Å². The topological polar surface area (TPSA) is 86.7 Å². The number of carbonyl (C=O) groups excluding carboxylic acids is 1. The molecule has 1 aromatic carbocycles. The van der Waals surface area contributed by atoms with Crippen molar-refractivity contribution in [3.05, 3.63) is 73.7 Å². The predicted octanol–water partition coefficient (Wildman–Crippen LogP) is 3.25. The van der Waals surface area contributed by atoms with Crippen LogP contribution < -0.4 is 11.3 Å². The molecule has 2 aromatic heterocycles. The standard InChI is InChI=1S/C17H13Cl2N3O3/c1-9-2-3-14-21-11(6-15(23)22(14)7-9)8-25-17(24)12-4-10(18)5-13(19)16(12)20/h2-7H,8,20H2,1H3. The zero-order valence-corrected chi connectivity index (χ0v) is 14.6. The number of nitrogen functional groups attached to an aromatic ring is 1. The molecule has 0 spiro atoms. The molecule has 25 heavy (non-hydrogen) atoms. The van der Waals surface area contributed by atoms with Crippen molar-refractivity contribution >= 4 is 40.5 Å². The number of nitrogens with zero attached hydrogens (tertiary/aromatic N) is 2. The highest BCUT2D eigenvalue weighted by Gasteiger charge is 2.16. The van der Waals surface area contributed by atoms with Gasteiger partial charge < -0.3 is 10.5 Å². The van der Waals surface area contributed by atoms with E-state index in [1.165, 1.54) is 22.6 Å². The van der Waals surface area contributed by atoms with Crippen molar-refractivity contribution in [3.8, 4) is 0 Å². The van der Waals surface area contributed by atoms with Crippen molar-refractivity contribution < 1.29 is 9.53 Å². The zero-order valence-electron chi connectivity index (χ0n) is 13.1. The fourth-order valence-corrected chi connectivity index (χ4v) is 2.80. The van der Waals surface area contributed by atoms with E-state index < -0.39 is 5.97 Å². The number of aromatic nitrogens is 2. The fraction of sp³-hybridized carbons (Fsp3) is 0.118. The minimum absolute atomic E-state index is 0.0608. The number of benzene rings is 1. The summed E-state index contributed by atoms with van der Waals surface area (Å²) in [5, 5.41) is 0.431. The average molecular weight is 378 g/mol. The second kappa shape index (κ2) is 6.74. The third kappa shape index (κ3) is 3.60. The number of esters is 1. The van der Waals surface area contributed by atoms with E-state index in [0.717, 1.165) is 5.56 Å². The highest BCUT2D eigenvalue weighted by Crippen LogP contribution is 2.28. The Labute approximate surface area is 152 Å². The molecule has 3 aromatic rings. The maximum Gasteiger partial charge on any atom is 0.340 e. The minimum Gasteiger partial charge on any atom is -0.456 e. The largest absolute Gasteiger partial charge is 0.456 e. The first-order valence-corrected chi connectivity index (χ1v) is 8.01. The number of nitrogens with two attached hydrogens (primary N) is 1. The van der Waals surface area contributed by atoms with E-state index in [-0.39, 0.29) is 33.5 Å². The van der Waals surface area contributed by atoms with Crippen LogP contribution in [0, 0.1) is 6.92 Å². The van der Waals surface area contributed by atoms with Crippen LogP contribution >= 0.6 is 23.2 Å². The molecule has 3 rings (SSSR count). The first-order chi connectivity index (χ1) is 11.8. The van der Waals surface area contributed by atoms with Crippen molar-refractivity contribution in [1.82, 2.24) is 9.38 Å². The quantitative estimate of drug-likeness (QED) is 0.559. The number of aryl methyl sites for hydroxylation is 1. The number of rotatable bonds is 3. The van der Waals surface area contributed by atoms with E-state index in [9.17, 15) is 9.59 Å². The van der Waals surface area contributed by atoms with Crippen LogP contribution in [-0.2, 0) is 11.3 Å². The van der Waals surface area contributed by atoms with Crippen LogP contribution in [0.15, 0.2) is 41.3 Å². The van der Waals surface area contributed by atoms with Gasteiger partial charge in [0.15, 0.2) is 0 Å². The number of anilines is 1. The van der Waals surface area contributed by atoms with Gasteiger partial charge >= 0.3 is 5.97 Å². The molecule has 6 nitrogen and oxygen atoms in total. The van der Waals surface area contributed by atoms with Gasteiger partial charge in [-0.1, -0.05) is 29.3 Å². The molecule has 2 N–H and O–H groups in total. The van der Waals surface area contributed by atoms with Crippen molar-refractivity contribution in [2.75, 3.05) is 5.73 Å². The summed E-state index contributed by atoms with van der Waals surface area (Å²) >= 11 is 11.8. The highest BCUT2D eigenvalue weighted by atomic mass is 35.5. The molecule has 0 saturated carbocycles. The number of ether oxygens (including phenoxy) is 1. The lowest BCUT2D eigenvalue weighted by Gasteiger charge is -2.09. The molecule has 8 heteroatoms. The van der Waals surface area contributed by atoms with E-state index in [0.29, 0.717) is 11.3 Å². The van der Waals surface area contributed by atoms with E-state index in [4.69, 9.17) is 33.7 Å². The summed E-state index contributed by atoms with van der Waals surface area (Å²) in [6, 6.07) is 7.68. The smallest absolute Gasteiger partial charge is 0.340 e. The second-order valence-corrected chi connectivity index (χ2v) is 6.29. The molecule has 0 aliphatic carbocycles. The number of hydrogen-bond donors (Lipinski definition) is 1. The molecular weight excluding hydrogens is 365 g/mol. The van der Waals surface area contributed by atoms with Gasteiger partial charge in [-0.2, -0.15) is 0 Å². The van der Waals surface area contributed by atoms with E-state index >= 15 is 0 Å². The van der Waals surface area contributed by atoms with Crippen LogP contribution in [0.4, 0.5) is 5.69 Å². The molecule has 0 aliphatic rings. The van der Waals surface area contributed by atoms with Crippen molar-refractivity contribution in [2.45, 2.75) is 13.5 Å². The maximum absolute atomic E-state index is 12.2. The molecule has 0 unspecified atom stereocenters. The summed E-state index contributed by atoms with van der Waals surface area (Å²) in [5.41, 5.74) is 7.39. The summed E-state index contributed by atoms with van der Waals surface area (Å²) in [5.74, 6) is -0.701. The normalized spacial score (nSPS) is 10.8. The maximum atomic E-state index is 12.2. The van der Waals surface area contributed by atoms with Crippen molar-refractivity contribution in [2.24, 2.45) is 0 Å². The van der Waals surface area contributed by atoms with Gasteiger partial charge in [0, 0.05) is 17.3 Å². The van der Waals surface area contributed by atoms with Gasteiger partial charge in [0.05, 0.1) is 22.0 Å². The van der Waals surface area contributed by atoms with Gasteiger partial charge in [-0.05, 0) is 30.7 Å². The van der Waals surface area contributed by atoms with E-state index in [1.54, 1.807) is 12.3 Å². The van der Waals surface area contributed by atoms with Crippen LogP contribution in [0.3, 0.4) is 0 Å². The molecular formula is C17H13Cl2N3O3. The molecule has 2 heterocycles. The Morgan fingerprint density at radius 3 is 2.80 bits per heavy atom. The molecule has 128 valence electrons. The van der Waals surface area contributed by atoms with Gasteiger partial charge in [0.25, 0.3) is 5.56 Å². The summed E-state index contributed by atoms with van der Waals surface area (Å²) in [6.07, 6.45) is 1.69. The predicted molar refractivity (Wildman–Crippen MR) is 96.2 cm³/mol. The summed E-state index contributed by atoms with van der Waals surface area (Å²) in [6.45, 7) is 1.70. The SMILES string of the molecule is Cc1ccc2nc(COC(=O)c3cc(Cl)cc(Cl)c3N)cc(=O)n2c1. The fourth-order valence-electron chi connectivity index (χ4n) is 2.30. The summed E-state index contributed by atoms with van der Waals surface area (Å²) in [4.78, 5) is 28.6. The molecule has 0 saturated heterocycles. The van der Waals surface area contributed by atoms with Gasteiger partial charge in [-0.15, -0.1) is 0 Å². The highest BCUT2D eigenvalue weighted by molar-refractivity contribution is 6.37. The number of carbonyl (C=O) groups is 1. The Bertz CT molecular complexity index is 1050. The lowest BCUT2D eigenvalue weighted by molar-refractivity contribution is 0.0469. The molecule has 0 aliphatic heterocycles. The zero-order chi connectivity index (χ0) is 18.1. The van der Waals surface area contributed by atoms with Crippen LogP contribution in [0.1, 0.15) is 21.6 Å². The van der Waals surface area contributed by atoms with Crippen molar-refractivity contribution in [1.29, 1.82) is 0 Å². The summed E-state index contributed by atoms with van der Waals surface area (Å²) in [7, 11) is 0. The van der Waals surface area contributed by atoms with Gasteiger partial charge in [0.1, 0.15) is 12.3 Å². The summed E-state index contributed by atoms with van der Waals surface area (Å²) < 4.78 is 6.61. The Morgan fingerprint density at radius 2 is 2.04 bits per heavy atom. The first-order valence-electron chi connectivity index (χ1n) is 7.26. The van der Waals surface area contributed by atoms with E-state index in [1.807, 2.05) is 13.0 Å². The lowest BCUT2D eigenvalue weighted by atomic mass is 10.2. The molecule has 0 atom stereocenters. The molecule has 0 radical (unpaired) electrons. The molecule has 0 amide bonds. The Morgan fingerprint density at radius 1 is 1.28 bits per heavy atom. The van der Waals surface area contributed by atoms with Crippen molar-refractivity contribution in [3.63, 3.8) is 0 Å². The minimum atomic E-state index is -0.701. The van der Waals surface area contributed by atoms with E-state index in [2.05, 4.69) is 4.98 Å². The number of fused-ring (bicyclic) bond motifs is 1. The van der Waals surface area contributed by atoms with Crippen LogP contribution in [0.5, 0.6) is 0 Å². The average Bonchev–Trinajstić information content (AvgIpc) is 2.56. The Hall–Kier alpha value is -2.57. The number of pyridine rings is 1. The Kier molecular flexibility index (Phi) is 4.65.